The van der Waals surface area contributed by atoms with E-state index < -0.39 is 0 Å². The van der Waals surface area contributed by atoms with Crippen LogP contribution in [0.5, 0.6) is 0 Å². The van der Waals surface area contributed by atoms with Crippen LogP contribution in [0.4, 0.5) is 0 Å². The molecule has 3 N–H and O–H groups in total. The van der Waals surface area contributed by atoms with Gasteiger partial charge < -0.3 is 10.7 Å². The van der Waals surface area contributed by atoms with Crippen molar-refractivity contribution in [1.82, 2.24) is 4.98 Å². The topological polar surface area (TPSA) is 41.8 Å². The fourth-order valence-corrected chi connectivity index (χ4v) is 2.63. The van der Waals surface area contributed by atoms with Gasteiger partial charge in [0.15, 0.2) is 0 Å². The molecular weight excluding hydrogens is 232 g/mol. The van der Waals surface area contributed by atoms with Crippen molar-refractivity contribution in [1.29, 1.82) is 0 Å². The molecule has 1 fully saturated rings. The summed E-state index contributed by atoms with van der Waals surface area (Å²) >= 11 is 6.06. The van der Waals surface area contributed by atoms with E-state index in [1.807, 2.05) is 18.2 Å². The maximum atomic E-state index is 6.15. The van der Waals surface area contributed by atoms with E-state index in [9.17, 15) is 0 Å². The van der Waals surface area contributed by atoms with Crippen molar-refractivity contribution < 1.29 is 0 Å². The third kappa shape index (κ3) is 2.07. The van der Waals surface area contributed by atoms with Gasteiger partial charge >= 0.3 is 0 Å². The molecule has 0 saturated heterocycles. The smallest absolute Gasteiger partial charge is 0.0459 e. The molecule has 1 aliphatic carbocycles. The number of benzene rings is 1. The first kappa shape index (κ1) is 11.1. The van der Waals surface area contributed by atoms with E-state index in [1.54, 1.807) is 0 Å². The number of nitrogens with one attached hydrogen (secondary N) is 1. The highest BCUT2D eigenvalue weighted by atomic mass is 35.5. The maximum Gasteiger partial charge on any atom is 0.0459 e. The third-order valence-corrected chi connectivity index (χ3v) is 4.08. The highest BCUT2D eigenvalue weighted by molar-refractivity contribution is 6.31. The predicted octanol–water partition coefficient (Wildman–Crippen LogP) is 3.55. The van der Waals surface area contributed by atoms with Gasteiger partial charge in [0.1, 0.15) is 0 Å². The Hall–Kier alpha value is -0.990. The SMILES string of the molecule is Cc1[nH]c2ccc(Cl)cc2c1CCC1(N)CC1. The Kier molecular flexibility index (Phi) is 2.46. The Bertz CT molecular complexity index is 567. The summed E-state index contributed by atoms with van der Waals surface area (Å²) in [4.78, 5) is 3.41. The quantitative estimate of drug-likeness (QED) is 0.857. The van der Waals surface area contributed by atoms with Crippen LogP contribution in [0.2, 0.25) is 5.02 Å². The monoisotopic (exact) mass is 248 g/mol. The Morgan fingerprint density at radius 2 is 2.18 bits per heavy atom. The van der Waals surface area contributed by atoms with Gasteiger partial charge in [-0.15, -0.1) is 0 Å². The summed E-state index contributed by atoms with van der Waals surface area (Å²) in [7, 11) is 0. The highest BCUT2D eigenvalue weighted by Crippen LogP contribution is 2.37. The number of halogens is 1. The van der Waals surface area contributed by atoms with Gasteiger partial charge in [-0.1, -0.05) is 11.6 Å². The Morgan fingerprint density at radius 1 is 1.41 bits per heavy atom. The largest absolute Gasteiger partial charge is 0.358 e. The minimum atomic E-state index is 0.120. The molecule has 1 aromatic heterocycles. The number of H-pyrrole nitrogens is 1. The molecule has 0 unspecified atom stereocenters. The first-order chi connectivity index (χ1) is 8.07. The second-order valence-corrected chi connectivity index (χ2v) is 5.72. The number of fused-ring (bicyclic) bond motifs is 1. The van der Waals surface area contributed by atoms with Crippen LogP contribution >= 0.6 is 11.6 Å². The zero-order chi connectivity index (χ0) is 12.0. The third-order valence-electron chi connectivity index (χ3n) is 3.85. The van der Waals surface area contributed by atoms with Crippen LogP contribution in [0.15, 0.2) is 18.2 Å². The molecule has 1 heterocycles. The number of hydrogen-bond acceptors (Lipinski definition) is 1. The van der Waals surface area contributed by atoms with Crippen LogP contribution in [0.1, 0.15) is 30.5 Å². The fourth-order valence-electron chi connectivity index (χ4n) is 2.46. The average molecular weight is 249 g/mol. The minimum Gasteiger partial charge on any atom is -0.358 e. The summed E-state index contributed by atoms with van der Waals surface area (Å²) in [5.74, 6) is 0. The Morgan fingerprint density at radius 3 is 2.88 bits per heavy atom. The number of aromatic amines is 1. The number of aryl methyl sites for hydroxylation is 2. The lowest BCUT2D eigenvalue weighted by atomic mass is 10.0. The molecule has 1 aliphatic rings. The second-order valence-electron chi connectivity index (χ2n) is 5.28. The molecule has 3 heteroatoms. The highest BCUT2D eigenvalue weighted by Gasteiger charge is 2.37. The van der Waals surface area contributed by atoms with Crippen LogP contribution < -0.4 is 5.73 Å². The molecule has 0 atom stereocenters. The summed E-state index contributed by atoms with van der Waals surface area (Å²) in [6, 6.07) is 6.02. The van der Waals surface area contributed by atoms with Gasteiger partial charge in [0.05, 0.1) is 0 Å². The van der Waals surface area contributed by atoms with Crippen LogP contribution in [-0.2, 0) is 6.42 Å². The lowest BCUT2D eigenvalue weighted by Crippen LogP contribution is -2.22. The van der Waals surface area contributed by atoms with Gasteiger partial charge in [-0.05, 0) is 56.4 Å². The van der Waals surface area contributed by atoms with E-state index in [-0.39, 0.29) is 5.54 Å². The average Bonchev–Trinajstić information content (AvgIpc) is 2.92. The molecule has 0 amide bonds. The van der Waals surface area contributed by atoms with E-state index in [0.717, 1.165) is 17.9 Å². The summed E-state index contributed by atoms with van der Waals surface area (Å²) < 4.78 is 0. The van der Waals surface area contributed by atoms with E-state index in [1.165, 1.54) is 35.0 Å². The van der Waals surface area contributed by atoms with E-state index in [0.29, 0.717) is 0 Å². The number of hydrogen-bond donors (Lipinski definition) is 2. The van der Waals surface area contributed by atoms with Gasteiger partial charge in [-0.25, -0.2) is 0 Å². The maximum absolute atomic E-state index is 6.15. The van der Waals surface area contributed by atoms with Crippen molar-refractivity contribution in [3.8, 4) is 0 Å². The standard InChI is InChI=1S/C14H17ClN2/c1-9-11(4-5-14(16)6-7-14)12-8-10(15)2-3-13(12)17-9/h2-3,8,17H,4-7,16H2,1H3. The molecule has 90 valence electrons. The first-order valence-corrected chi connectivity index (χ1v) is 6.51. The van der Waals surface area contributed by atoms with Gasteiger partial charge in [0.2, 0.25) is 0 Å². The lowest BCUT2D eigenvalue weighted by Gasteiger charge is -2.08. The van der Waals surface area contributed by atoms with Crippen molar-refractivity contribution in [3.63, 3.8) is 0 Å². The summed E-state index contributed by atoms with van der Waals surface area (Å²) in [6.45, 7) is 2.12. The summed E-state index contributed by atoms with van der Waals surface area (Å²) in [5.41, 5.74) is 10.1. The van der Waals surface area contributed by atoms with E-state index in [2.05, 4.69) is 11.9 Å². The molecule has 0 bridgehead atoms. The zero-order valence-corrected chi connectivity index (χ0v) is 10.8. The van der Waals surface area contributed by atoms with Crippen molar-refractivity contribution in [2.45, 2.75) is 38.1 Å². The summed E-state index contributed by atoms with van der Waals surface area (Å²) in [6.07, 6.45) is 4.47. The zero-order valence-electron chi connectivity index (χ0n) is 10.0. The van der Waals surface area contributed by atoms with Gasteiger partial charge in [0.25, 0.3) is 0 Å². The van der Waals surface area contributed by atoms with Crippen LogP contribution in [0, 0.1) is 6.92 Å². The van der Waals surface area contributed by atoms with Gasteiger partial charge in [-0.2, -0.15) is 0 Å². The second kappa shape index (κ2) is 3.76. The van der Waals surface area contributed by atoms with E-state index >= 15 is 0 Å². The number of rotatable bonds is 3. The van der Waals surface area contributed by atoms with E-state index in [4.69, 9.17) is 17.3 Å². The van der Waals surface area contributed by atoms with Crippen LogP contribution in [0.3, 0.4) is 0 Å². The van der Waals surface area contributed by atoms with Gasteiger partial charge in [-0.3, -0.25) is 0 Å². The minimum absolute atomic E-state index is 0.120. The molecule has 0 aliphatic heterocycles. The van der Waals surface area contributed by atoms with Crippen molar-refractivity contribution in [2.24, 2.45) is 5.73 Å². The molecule has 0 radical (unpaired) electrons. The summed E-state index contributed by atoms with van der Waals surface area (Å²) in [5, 5.41) is 2.05. The Labute approximate surface area is 106 Å². The normalized spacial score (nSPS) is 17.6. The molecule has 2 nitrogen and oxygen atoms in total. The van der Waals surface area contributed by atoms with Crippen LogP contribution in [-0.4, -0.2) is 10.5 Å². The van der Waals surface area contributed by atoms with Gasteiger partial charge in [0, 0.05) is 27.2 Å². The molecular formula is C14H17ClN2. The Balaban J connectivity index is 1.96. The molecule has 1 aromatic carbocycles. The van der Waals surface area contributed by atoms with Crippen molar-refractivity contribution in [2.75, 3.05) is 0 Å². The van der Waals surface area contributed by atoms with Crippen molar-refractivity contribution >= 4 is 22.5 Å². The molecule has 0 spiro atoms. The lowest BCUT2D eigenvalue weighted by molar-refractivity contribution is 0.609. The molecule has 3 rings (SSSR count). The number of aromatic nitrogens is 1. The fraction of sp³-hybridized carbons (Fsp3) is 0.429. The first-order valence-electron chi connectivity index (χ1n) is 6.13. The molecule has 1 saturated carbocycles. The number of nitrogens with two attached hydrogens (primary N) is 1. The van der Waals surface area contributed by atoms with Crippen molar-refractivity contribution in [3.05, 3.63) is 34.5 Å². The molecule has 2 aromatic rings. The van der Waals surface area contributed by atoms with Crippen LogP contribution in [0.25, 0.3) is 10.9 Å². The predicted molar refractivity (Wildman–Crippen MR) is 72.5 cm³/mol. The molecule has 17 heavy (non-hydrogen) atoms.